The van der Waals surface area contributed by atoms with Gasteiger partial charge in [-0.2, -0.15) is 4.98 Å². The molecular formula is C14H19N3O2. The van der Waals surface area contributed by atoms with E-state index >= 15 is 0 Å². The number of hydrogen-bond acceptors (Lipinski definition) is 5. The van der Waals surface area contributed by atoms with E-state index in [0.29, 0.717) is 17.6 Å². The lowest BCUT2D eigenvalue weighted by atomic mass is 9.92. The predicted octanol–water partition coefficient (Wildman–Crippen LogP) is 2.01. The second-order valence-electron chi connectivity index (χ2n) is 5.29. The van der Waals surface area contributed by atoms with Crippen molar-refractivity contribution >= 4 is 22.8 Å². The van der Waals surface area contributed by atoms with Crippen LogP contribution in [0.1, 0.15) is 19.8 Å². The molecule has 0 aliphatic carbocycles. The molecule has 0 amide bonds. The highest BCUT2D eigenvalue weighted by atomic mass is 16.4. The third kappa shape index (κ3) is 2.38. The minimum absolute atomic E-state index is 0.231. The van der Waals surface area contributed by atoms with Gasteiger partial charge in [0, 0.05) is 24.8 Å². The van der Waals surface area contributed by atoms with Crippen LogP contribution in [-0.4, -0.2) is 29.3 Å². The van der Waals surface area contributed by atoms with Crippen LogP contribution in [-0.2, 0) is 0 Å². The SMILES string of the molecule is CC(O)C1CCN(c2nc3ccc(N)cc3o2)CC1. The average Bonchev–Trinajstić information content (AvgIpc) is 2.81. The van der Waals surface area contributed by atoms with Crippen LogP contribution in [0.25, 0.3) is 11.1 Å². The van der Waals surface area contributed by atoms with E-state index in [1.165, 1.54) is 0 Å². The monoisotopic (exact) mass is 261 g/mol. The summed E-state index contributed by atoms with van der Waals surface area (Å²) >= 11 is 0. The van der Waals surface area contributed by atoms with Gasteiger partial charge in [-0.1, -0.05) is 0 Å². The molecule has 0 bridgehead atoms. The summed E-state index contributed by atoms with van der Waals surface area (Å²) in [7, 11) is 0. The fraction of sp³-hybridized carbons (Fsp3) is 0.500. The van der Waals surface area contributed by atoms with E-state index in [4.69, 9.17) is 10.2 Å². The number of aliphatic hydroxyl groups is 1. The molecule has 2 heterocycles. The number of nitrogen functional groups attached to an aromatic ring is 1. The van der Waals surface area contributed by atoms with Crippen molar-refractivity contribution in [3.05, 3.63) is 18.2 Å². The summed E-state index contributed by atoms with van der Waals surface area (Å²) in [6, 6.07) is 6.16. The molecule has 1 unspecified atom stereocenters. The largest absolute Gasteiger partial charge is 0.423 e. The van der Waals surface area contributed by atoms with Gasteiger partial charge in [-0.15, -0.1) is 0 Å². The number of benzene rings is 1. The normalized spacial score (nSPS) is 18.9. The Kier molecular flexibility index (Phi) is 3.06. The van der Waals surface area contributed by atoms with Crippen LogP contribution in [0.4, 0.5) is 11.7 Å². The summed E-state index contributed by atoms with van der Waals surface area (Å²) in [6.45, 7) is 3.61. The Balaban J connectivity index is 1.78. The van der Waals surface area contributed by atoms with Crippen molar-refractivity contribution < 1.29 is 9.52 Å². The number of rotatable bonds is 2. The van der Waals surface area contributed by atoms with Gasteiger partial charge >= 0.3 is 0 Å². The molecule has 3 N–H and O–H groups in total. The Morgan fingerprint density at radius 3 is 2.84 bits per heavy atom. The fourth-order valence-corrected chi connectivity index (χ4v) is 2.64. The quantitative estimate of drug-likeness (QED) is 0.809. The molecule has 1 fully saturated rings. The standard InChI is InChI=1S/C14H19N3O2/c1-9(18)10-4-6-17(7-5-10)14-16-12-3-2-11(15)8-13(12)19-14/h2-3,8-10,18H,4-7,15H2,1H3. The van der Waals surface area contributed by atoms with Crippen molar-refractivity contribution in [3.8, 4) is 0 Å². The molecule has 1 aliphatic heterocycles. The van der Waals surface area contributed by atoms with Crippen LogP contribution in [0.2, 0.25) is 0 Å². The van der Waals surface area contributed by atoms with Crippen LogP contribution in [0.5, 0.6) is 0 Å². The molecule has 0 spiro atoms. The van der Waals surface area contributed by atoms with E-state index in [9.17, 15) is 5.11 Å². The zero-order valence-corrected chi connectivity index (χ0v) is 11.0. The zero-order valence-electron chi connectivity index (χ0n) is 11.0. The third-order valence-corrected chi connectivity index (χ3v) is 3.89. The Hall–Kier alpha value is -1.75. The van der Waals surface area contributed by atoms with Crippen molar-refractivity contribution in [3.63, 3.8) is 0 Å². The minimum Gasteiger partial charge on any atom is -0.423 e. The fourth-order valence-electron chi connectivity index (χ4n) is 2.64. The molecule has 0 radical (unpaired) electrons. The van der Waals surface area contributed by atoms with E-state index in [0.717, 1.165) is 37.0 Å². The number of aliphatic hydroxyl groups excluding tert-OH is 1. The Bertz CT molecular complexity index is 571. The molecule has 5 nitrogen and oxygen atoms in total. The lowest BCUT2D eigenvalue weighted by Gasteiger charge is -2.32. The number of nitrogens with two attached hydrogens (primary N) is 1. The van der Waals surface area contributed by atoms with Crippen LogP contribution < -0.4 is 10.6 Å². The number of aromatic nitrogens is 1. The molecular weight excluding hydrogens is 242 g/mol. The molecule has 1 atom stereocenters. The zero-order chi connectivity index (χ0) is 13.4. The summed E-state index contributed by atoms with van der Waals surface area (Å²) in [6.07, 6.45) is 1.71. The molecule has 5 heteroatoms. The van der Waals surface area contributed by atoms with Gasteiger partial charge in [0.15, 0.2) is 5.58 Å². The maximum atomic E-state index is 9.61. The van der Waals surface area contributed by atoms with Crippen molar-refractivity contribution in [1.29, 1.82) is 0 Å². The van der Waals surface area contributed by atoms with Gasteiger partial charge in [-0.05, 0) is 37.8 Å². The smallest absolute Gasteiger partial charge is 0.298 e. The first-order chi connectivity index (χ1) is 9.13. The van der Waals surface area contributed by atoms with Gasteiger partial charge in [-0.3, -0.25) is 0 Å². The molecule has 3 rings (SSSR count). The van der Waals surface area contributed by atoms with Crippen molar-refractivity contribution in [2.45, 2.75) is 25.9 Å². The second-order valence-corrected chi connectivity index (χ2v) is 5.29. The summed E-state index contributed by atoms with van der Waals surface area (Å²) in [5.74, 6) is 0.385. The number of hydrogen-bond donors (Lipinski definition) is 2. The first-order valence-electron chi connectivity index (χ1n) is 6.72. The second kappa shape index (κ2) is 4.74. The molecule has 19 heavy (non-hydrogen) atoms. The highest BCUT2D eigenvalue weighted by Gasteiger charge is 2.25. The van der Waals surface area contributed by atoms with Gasteiger partial charge in [0.1, 0.15) is 5.52 Å². The van der Waals surface area contributed by atoms with Gasteiger partial charge in [-0.25, -0.2) is 0 Å². The molecule has 2 aromatic rings. The molecule has 1 saturated heterocycles. The van der Waals surface area contributed by atoms with E-state index < -0.39 is 0 Å². The van der Waals surface area contributed by atoms with Gasteiger partial charge < -0.3 is 20.2 Å². The molecule has 1 aromatic carbocycles. The lowest BCUT2D eigenvalue weighted by Crippen LogP contribution is -2.37. The van der Waals surface area contributed by atoms with Crippen LogP contribution in [0.15, 0.2) is 22.6 Å². The molecule has 1 aliphatic rings. The molecule has 102 valence electrons. The Morgan fingerprint density at radius 1 is 1.42 bits per heavy atom. The van der Waals surface area contributed by atoms with Crippen LogP contribution in [0.3, 0.4) is 0 Å². The maximum absolute atomic E-state index is 9.61. The highest BCUT2D eigenvalue weighted by Crippen LogP contribution is 2.28. The van der Waals surface area contributed by atoms with Gasteiger partial charge in [0.2, 0.25) is 0 Å². The predicted molar refractivity (Wildman–Crippen MR) is 75.0 cm³/mol. The number of anilines is 2. The lowest BCUT2D eigenvalue weighted by molar-refractivity contribution is 0.109. The Labute approximate surface area is 112 Å². The van der Waals surface area contributed by atoms with E-state index in [1.54, 1.807) is 6.07 Å². The van der Waals surface area contributed by atoms with E-state index in [-0.39, 0.29) is 6.10 Å². The van der Waals surface area contributed by atoms with Crippen molar-refractivity contribution in [1.82, 2.24) is 4.98 Å². The third-order valence-electron chi connectivity index (χ3n) is 3.89. The minimum atomic E-state index is -0.231. The molecule has 1 aromatic heterocycles. The maximum Gasteiger partial charge on any atom is 0.298 e. The van der Waals surface area contributed by atoms with E-state index in [1.807, 2.05) is 19.1 Å². The van der Waals surface area contributed by atoms with Crippen LogP contribution >= 0.6 is 0 Å². The first kappa shape index (κ1) is 12.3. The van der Waals surface area contributed by atoms with Crippen molar-refractivity contribution in [2.75, 3.05) is 23.7 Å². The number of piperidine rings is 1. The number of oxazole rings is 1. The topological polar surface area (TPSA) is 75.5 Å². The Morgan fingerprint density at radius 2 is 2.16 bits per heavy atom. The van der Waals surface area contributed by atoms with Crippen molar-refractivity contribution in [2.24, 2.45) is 5.92 Å². The summed E-state index contributed by atoms with van der Waals surface area (Å²) < 4.78 is 5.76. The van der Waals surface area contributed by atoms with E-state index in [2.05, 4.69) is 9.88 Å². The summed E-state index contributed by atoms with van der Waals surface area (Å²) in [5.41, 5.74) is 7.98. The number of nitrogens with zero attached hydrogens (tertiary/aromatic N) is 2. The highest BCUT2D eigenvalue weighted by molar-refractivity contribution is 5.78. The van der Waals surface area contributed by atoms with Gasteiger partial charge in [0.05, 0.1) is 6.10 Å². The number of fused-ring (bicyclic) bond motifs is 1. The summed E-state index contributed by atoms with van der Waals surface area (Å²) in [4.78, 5) is 6.62. The van der Waals surface area contributed by atoms with Gasteiger partial charge in [0.25, 0.3) is 6.01 Å². The van der Waals surface area contributed by atoms with Crippen LogP contribution in [0, 0.1) is 5.92 Å². The average molecular weight is 261 g/mol. The molecule has 0 saturated carbocycles. The first-order valence-corrected chi connectivity index (χ1v) is 6.72. The summed E-state index contributed by atoms with van der Waals surface area (Å²) in [5, 5.41) is 9.61.